The topological polar surface area (TPSA) is 35.2 Å². The lowest BCUT2D eigenvalue weighted by molar-refractivity contribution is -0.0802. The molecule has 1 aromatic rings. The molecule has 12 heavy (non-hydrogen) atoms. The number of benzene rings is 1. The van der Waals surface area contributed by atoms with Crippen molar-refractivity contribution >= 4 is 21.6 Å². The zero-order valence-electron chi connectivity index (χ0n) is 5.93. The van der Waals surface area contributed by atoms with Gasteiger partial charge in [-0.2, -0.15) is 8.78 Å². The number of halogens is 3. The molecule has 1 rings (SSSR count). The maximum absolute atomic E-state index is 12.2. The molecule has 0 aliphatic rings. The van der Waals surface area contributed by atoms with E-state index < -0.39 is 5.02 Å². The summed E-state index contributed by atoms with van der Waals surface area (Å²) in [6, 6.07) is 5.69. The third kappa shape index (κ3) is 3.04. The lowest BCUT2D eigenvalue weighted by atomic mass is 10.3. The SMILES string of the molecule is Nc1ccc(OC(F)(F)Br)cc1. The highest BCUT2D eigenvalue weighted by molar-refractivity contribution is 9.09. The van der Waals surface area contributed by atoms with Crippen molar-refractivity contribution in [3.05, 3.63) is 24.3 Å². The van der Waals surface area contributed by atoms with Gasteiger partial charge in [-0.1, -0.05) is 0 Å². The summed E-state index contributed by atoms with van der Waals surface area (Å²) in [6.45, 7) is 0. The molecule has 66 valence electrons. The third-order valence-electron chi connectivity index (χ3n) is 1.11. The van der Waals surface area contributed by atoms with E-state index in [9.17, 15) is 8.78 Å². The Balaban J connectivity index is 2.71. The molecule has 0 atom stereocenters. The van der Waals surface area contributed by atoms with Gasteiger partial charge >= 0.3 is 5.02 Å². The molecule has 0 aromatic heterocycles. The van der Waals surface area contributed by atoms with Crippen LogP contribution in [0.3, 0.4) is 0 Å². The Bertz CT molecular complexity index is 257. The first kappa shape index (κ1) is 9.25. The number of anilines is 1. The predicted octanol–water partition coefficient (Wildman–Crippen LogP) is 2.59. The number of rotatable bonds is 2. The minimum atomic E-state index is -3.33. The van der Waals surface area contributed by atoms with Crippen LogP contribution < -0.4 is 10.5 Å². The van der Waals surface area contributed by atoms with E-state index in [4.69, 9.17) is 5.73 Å². The van der Waals surface area contributed by atoms with E-state index in [0.29, 0.717) is 5.69 Å². The molecule has 2 nitrogen and oxygen atoms in total. The Morgan fingerprint density at radius 1 is 1.25 bits per heavy atom. The van der Waals surface area contributed by atoms with Gasteiger partial charge in [0.2, 0.25) is 0 Å². The lowest BCUT2D eigenvalue weighted by Crippen LogP contribution is -2.14. The van der Waals surface area contributed by atoms with Crippen LogP contribution in [0.1, 0.15) is 0 Å². The summed E-state index contributed by atoms with van der Waals surface area (Å²) in [4.78, 5) is 0. The predicted molar refractivity (Wildman–Crippen MR) is 45.4 cm³/mol. The average molecular weight is 238 g/mol. The number of nitrogen functional groups attached to an aromatic ring is 1. The Morgan fingerprint density at radius 2 is 1.75 bits per heavy atom. The monoisotopic (exact) mass is 237 g/mol. The first-order chi connectivity index (χ1) is 5.47. The standard InChI is InChI=1S/C7H6BrF2NO/c8-7(9,10)12-6-3-1-5(11)2-4-6/h1-4H,11H2. The van der Waals surface area contributed by atoms with Crippen LogP contribution in [0, 0.1) is 0 Å². The molecular weight excluding hydrogens is 232 g/mol. The number of alkyl halides is 3. The van der Waals surface area contributed by atoms with E-state index in [-0.39, 0.29) is 5.75 Å². The van der Waals surface area contributed by atoms with Crippen LogP contribution >= 0.6 is 15.9 Å². The highest BCUT2D eigenvalue weighted by Crippen LogP contribution is 2.26. The van der Waals surface area contributed by atoms with Gasteiger partial charge in [-0.15, -0.1) is 0 Å². The summed E-state index contributed by atoms with van der Waals surface area (Å²) in [6.07, 6.45) is 0. The second-order valence-corrected chi connectivity index (χ2v) is 3.04. The average Bonchev–Trinajstić information content (AvgIpc) is 1.91. The number of nitrogens with two attached hydrogens (primary N) is 1. The Morgan fingerprint density at radius 3 is 2.17 bits per heavy atom. The van der Waals surface area contributed by atoms with E-state index in [0.717, 1.165) is 0 Å². The van der Waals surface area contributed by atoms with Crippen molar-refractivity contribution in [2.75, 3.05) is 5.73 Å². The third-order valence-corrected chi connectivity index (χ3v) is 1.28. The summed E-state index contributed by atoms with van der Waals surface area (Å²) in [7, 11) is 0. The second-order valence-electron chi connectivity index (χ2n) is 2.12. The van der Waals surface area contributed by atoms with Crippen molar-refractivity contribution in [1.82, 2.24) is 0 Å². The minimum Gasteiger partial charge on any atom is -0.424 e. The van der Waals surface area contributed by atoms with E-state index in [1.807, 2.05) is 15.9 Å². The normalized spacial score (nSPS) is 11.2. The lowest BCUT2D eigenvalue weighted by Gasteiger charge is -2.10. The van der Waals surface area contributed by atoms with Crippen molar-refractivity contribution in [3.8, 4) is 5.75 Å². The number of hydrogen-bond donors (Lipinski definition) is 1. The van der Waals surface area contributed by atoms with Crippen LogP contribution in [0.4, 0.5) is 14.5 Å². The highest BCUT2D eigenvalue weighted by atomic mass is 79.9. The van der Waals surface area contributed by atoms with Gasteiger partial charge in [-0.25, -0.2) is 0 Å². The van der Waals surface area contributed by atoms with E-state index in [2.05, 4.69) is 4.74 Å². The molecule has 0 amide bonds. The van der Waals surface area contributed by atoms with Gasteiger partial charge in [0.15, 0.2) is 0 Å². The second kappa shape index (κ2) is 3.26. The number of ether oxygens (including phenoxy) is 1. The molecule has 5 heteroatoms. The highest BCUT2D eigenvalue weighted by Gasteiger charge is 2.26. The summed E-state index contributed by atoms with van der Waals surface area (Å²) in [5.74, 6) is 0.0612. The fourth-order valence-corrected chi connectivity index (χ4v) is 0.856. The van der Waals surface area contributed by atoms with Gasteiger partial charge in [0.1, 0.15) is 5.75 Å². The molecule has 0 bridgehead atoms. The fourth-order valence-electron chi connectivity index (χ4n) is 0.669. The molecule has 0 spiro atoms. The summed E-state index contributed by atoms with van der Waals surface area (Å²) in [5, 5.41) is -3.33. The molecule has 0 radical (unpaired) electrons. The van der Waals surface area contributed by atoms with Crippen LogP contribution in [-0.4, -0.2) is 5.02 Å². The van der Waals surface area contributed by atoms with Crippen molar-refractivity contribution in [2.45, 2.75) is 5.02 Å². The van der Waals surface area contributed by atoms with Crippen LogP contribution in [0.5, 0.6) is 5.75 Å². The fraction of sp³-hybridized carbons (Fsp3) is 0.143. The minimum absolute atomic E-state index is 0.0612. The first-order valence-corrected chi connectivity index (χ1v) is 3.88. The smallest absolute Gasteiger partial charge is 0.424 e. The van der Waals surface area contributed by atoms with Gasteiger partial charge in [0, 0.05) is 21.6 Å². The molecule has 0 unspecified atom stereocenters. The van der Waals surface area contributed by atoms with Gasteiger partial charge < -0.3 is 10.5 Å². The molecule has 0 aliphatic heterocycles. The van der Waals surface area contributed by atoms with Crippen LogP contribution in [0.15, 0.2) is 24.3 Å². The number of hydrogen-bond acceptors (Lipinski definition) is 2. The van der Waals surface area contributed by atoms with E-state index >= 15 is 0 Å². The first-order valence-electron chi connectivity index (χ1n) is 3.09. The maximum Gasteiger partial charge on any atom is 0.459 e. The molecule has 0 saturated heterocycles. The molecular formula is C7H6BrF2NO. The largest absolute Gasteiger partial charge is 0.459 e. The zero-order chi connectivity index (χ0) is 9.19. The van der Waals surface area contributed by atoms with Gasteiger partial charge in [0.25, 0.3) is 0 Å². The molecule has 0 saturated carbocycles. The molecule has 2 N–H and O–H groups in total. The summed E-state index contributed by atoms with van der Waals surface area (Å²) in [5.41, 5.74) is 5.84. The van der Waals surface area contributed by atoms with Gasteiger partial charge in [-0.3, -0.25) is 0 Å². The van der Waals surface area contributed by atoms with Crippen LogP contribution in [-0.2, 0) is 0 Å². The van der Waals surface area contributed by atoms with Crippen molar-refractivity contribution in [1.29, 1.82) is 0 Å². The summed E-state index contributed by atoms with van der Waals surface area (Å²) < 4.78 is 28.5. The zero-order valence-corrected chi connectivity index (χ0v) is 7.51. The Labute approximate surface area is 76.4 Å². The van der Waals surface area contributed by atoms with E-state index in [1.165, 1.54) is 24.3 Å². The summed E-state index contributed by atoms with van der Waals surface area (Å²) >= 11 is 2.05. The molecule has 0 heterocycles. The quantitative estimate of drug-likeness (QED) is 0.634. The van der Waals surface area contributed by atoms with Crippen LogP contribution in [0.25, 0.3) is 0 Å². The van der Waals surface area contributed by atoms with Crippen molar-refractivity contribution in [2.24, 2.45) is 0 Å². The molecule has 1 aromatic carbocycles. The van der Waals surface area contributed by atoms with Crippen LogP contribution in [0.2, 0.25) is 0 Å². The van der Waals surface area contributed by atoms with Gasteiger partial charge in [0.05, 0.1) is 0 Å². The van der Waals surface area contributed by atoms with E-state index in [1.54, 1.807) is 0 Å². The van der Waals surface area contributed by atoms with Crippen molar-refractivity contribution in [3.63, 3.8) is 0 Å². The maximum atomic E-state index is 12.2. The Hall–Kier alpha value is -0.840. The van der Waals surface area contributed by atoms with Gasteiger partial charge in [-0.05, 0) is 24.3 Å². The Kier molecular flexibility index (Phi) is 2.52. The molecule has 0 fully saturated rings. The molecule has 0 aliphatic carbocycles. The van der Waals surface area contributed by atoms with Crippen molar-refractivity contribution < 1.29 is 13.5 Å².